The first-order chi connectivity index (χ1) is 12.1. The fourth-order valence-corrected chi connectivity index (χ4v) is 2.64. The van der Waals surface area contributed by atoms with Gasteiger partial charge in [-0.1, -0.05) is 26.0 Å². The third-order valence-electron chi connectivity index (χ3n) is 4.59. The predicted octanol–water partition coefficient (Wildman–Crippen LogP) is 3.90. The zero-order chi connectivity index (χ0) is 20.0. The van der Waals surface area contributed by atoms with Gasteiger partial charge in [-0.3, -0.25) is 9.59 Å². The highest BCUT2D eigenvalue weighted by atomic mass is 19.4. The van der Waals surface area contributed by atoms with Gasteiger partial charge in [-0.05, 0) is 31.9 Å². The number of hydrogen-bond donors (Lipinski definition) is 3. The molecule has 0 radical (unpaired) electrons. The predicted molar refractivity (Wildman–Crippen MR) is 92.8 cm³/mol. The number of carbonyl (C=O) groups is 2. The molecule has 0 spiro atoms. The molecular weight excluding hydrogens is 349 g/mol. The van der Waals surface area contributed by atoms with E-state index in [1.54, 1.807) is 20.8 Å². The Labute approximate surface area is 151 Å². The Hall–Kier alpha value is -2.09. The lowest BCUT2D eigenvalue weighted by Crippen LogP contribution is -2.44. The molecule has 1 rings (SSSR count). The van der Waals surface area contributed by atoms with Crippen LogP contribution in [0.5, 0.6) is 0 Å². The van der Waals surface area contributed by atoms with Gasteiger partial charge in [0.25, 0.3) is 0 Å². The molecule has 5 nitrogen and oxygen atoms in total. The van der Waals surface area contributed by atoms with Gasteiger partial charge in [-0.2, -0.15) is 13.2 Å². The minimum Gasteiger partial charge on any atom is -0.481 e. The van der Waals surface area contributed by atoms with Gasteiger partial charge in [0.05, 0.1) is 16.7 Å². The number of aliphatic carboxylic acids is 1. The van der Waals surface area contributed by atoms with Crippen LogP contribution in [0, 0.1) is 5.41 Å². The van der Waals surface area contributed by atoms with Crippen molar-refractivity contribution in [2.75, 3.05) is 11.9 Å². The maximum Gasteiger partial charge on any atom is 0.418 e. The highest BCUT2D eigenvalue weighted by Gasteiger charge is 2.35. The van der Waals surface area contributed by atoms with Crippen molar-refractivity contribution in [3.63, 3.8) is 0 Å². The Balaban J connectivity index is 2.68. The van der Waals surface area contributed by atoms with E-state index < -0.39 is 29.0 Å². The Bertz CT molecular complexity index is 628. The van der Waals surface area contributed by atoms with Gasteiger partial charge in [0.1, 0.15) is 0 Å². The Morgan fingerprint density at radius 1 is 1.15 bits per heavy atom. The topological polar surface area (TPSA) is 78.4 Å². The van der Waals surface area contributed by atoms with Gasteiger partial charge in [-0.15, -0.1) is 0 Å². The highest BCUT2D eigenvalue weighted by molar-refractivity contribution is 5.92. The number of nitrogens with one attached hydrogen (secondary N) is 2. The molecular formula is C18H25F3N2O3. The van der Waals surface area contributed by atoms with E-state index in [4.69, 9.17) is 0 Å². The normalized spacial score (nSPS) is 13.3. The number of halogens is 3. The smallest absolute Gasteiger partial charge is 0.418 e. The lowest BCUT2D eigenvalue weighted by atomic mass is 9.82. The van der Waals surface area contributed by atoms with Gasteiger partial charge in [0.2, 0.25) is 5.91 Å². The summed E-state index contributed by atoms with van der Waals surface area (Å²) in [6.45, 7) is 5.44. The van der Waals surface area contributed by atoms with Crippen molar-refractivity contribution in [2.24, 2.45) is 5.41 Å². The summed E-state index contributed by atoms with van der Waals surface area (Å²) in [5.74, 6) is -1.48. The quantitative estimate of drug-likeness (QED) is 0.613. The molecule has 0 fully saturated rings. The summed E-state index contributed by atoms with van der Waals surface area (Å²) >= 11 is 0. The van der Waals surface area contributed by atoms with E-state index in [2.05, 4.69) is 10.6 Å². The van der Waals surface area contributed by atoms with E-state index >= 15 is 0 Å². The van der Waals surface area contributed by atoms with Gasteiger partial charge in [-0.25, -0.2) is 0 Å². The molecule has 0 aromatic heterocycles. The average molecular weight is 374 g/mol. The number of anilines is 1. The first-order valence-corrected chi connectivity index (χ1v) is 8.48. The lowest BCUT2D eigenvalue weighted by molar-refractivity contribution is -0.149. The van der Waals surface area contributed by atoms with E-state index in [9.17, 15) is 27.9 Å². The average Bonchev–Trinajstić information content (AvgIpc) is 2.55. The number of para-hydroxylation sites is 1. The number of rotatable bonds is 9. The monoisotopic (exact) mass is 374 g/mol. The molecule has 1 aromatic rings. The van der Waals surface area contributed by atoms with Gasteiger partial charge >= 0.3 is 12.1 Å². The fourth-order valence-electron chi connectivity index (χ4n) is 2.64. The third kappa shape index (κ3) is 5.72. The van der Waals surface area contributed by atoms with Gasteiger partial charge in [0, 0.05) is 19.0 Å². The molecule has 0 aliphatic heterocycles. The van der Waals surface area contributed by atoms with Crippen molar-refractivity contribution in [1.82, 2.24) is 5.32 Å². The summed E-state index contributed by atoms with van der Waals surface area (Å²) in [5, 5.41) is 14.7. The number of benzene rings is 1. The third-order valence-corrected chi connectivity index (χ3v) is 4.59. The first-order valence-electron chi connectivity index (χ1n) is 8.48. The summed E-state index contributed by atoms with van der Waals surface area (Å²) in [4.78, 5) is 23.5. The number of alkyl halides is 3. The van der Waals surface area contributed by atoms with Crippen LogP contribution >= 0.6 is 0 Å². The second-order valence-electron chi connectivity index (χ2n) is 6.37. The van der Waals surface area contributed by atoms with E-state index in [-0.39, 0.29) is 24.7 Å². The maximum absolute atomic E-state index is 12.9. The Morgan fingerprint density at radius 2 is 1.73 bits per heavy atom. The van der Waals surface area contributed by atoms with Crippen LogP contribution in [-0.2, 0) is 15.8 Å². The molecule has 0 aliphatic rings. The van der Waals surface area contributed by atoms with Gasteiger partial charge in [0.15, 0.2) is 0 Å². The molecule has 3 N–H and O–H groups in total. The lowest BCUT2D eigenvalue weighted by Gasteiger charge is -2.28. The van der Waals surface area contributed by atoms with Crippen LogP contribution in [0.4, 0.5) is 18.9 Å². The number of carbonyl (C=O) groups excluding carboxylic acids is 1. The maximum atomic E-state index is 12.9. The zero-order valence-corrected chi connectivity index (χ0v) is 15.1. The van der Waals surface area contributed by atoms with E-state index in [0.29, 0.717) is 12.8 Å². The van der Waals surface area contributed by atoms with E-state index in [1.165, 1.54) is 18.2 Å². The Kier molecular flexibility index (Phi) is 7.62. The van der Waals surface area contributed by atoms with Crippen LogP contribution in [0.25, 0.3) is 0 Å². The number of carboxylic acid groups (broad SMARTS) is 1. The van der Waals surface area contributed by atoms with Crippen molar-refractivity contribution in [1.29, 1.82) is 0 Å². The number of amides is 1. The molecule has 8 heteroatoms. The molecule has 0 saturated carbocycles. The zero-order valence-electron chi connectivity index (χ0n) is 15.1. The van der Waals surface area contributed by atoms with E-state index in [1.807, 2.05) is 0 Å². The summed E-state index contributed by atoms with van der Waals surface area (Å²) in [7, 11) is 0. The summed E-state index contributed by atoms with van der Waals surface area (Å²) in [6.07, 6.45) is -3.76. The second-order valence-corrected chi connectivity index (χ2v) is 6.37. The minimum atomic E-state index is -4.56. The molecule has 1 aromatic carbocycles. The van der Waals surface area contributed by atoms with Crippen molar-refractivity contribution >= 4 is 17.6 Å². The fraction of sp³-hybridized carbons (Fsp3) is 0.556. The van der Waals surface area contributed by atoms with E-state index in [0.717, 1.165) is 6.07 Å². The highest BCUT2D eigenvalue weighted by Crippen LogP contribution is 2.34. The van der Waals surface area contributed by atoms with Crippen LogP contribution < -0.4 is 10.6 Å². The SMILES string of the molecule is CCC(CC)(CNC(C)CC(=O)Nc1ccccc1C(F)(F)F)C(=O)O. The van der Waals surface area contributed by atoms with Crippen LogP contribution in [0.1, 0.15) is 45.6 Å². The van der Waals surface area contributed by atoms with Crippen molar-refractivity contribution in [2.45, 2.75) is 52.3 Å². The van der Waals surface area contributed by atoms with Crippen LogP contribution in [0.3, 0.4) is 0 Å². The molecule has 0 saturated heterocycles. The number of hydrogen-bond acceptors (Lipinski definition) is 3. The van der Waals surface area contributed by atoms with Crippen molar-refractivity contribution in [3.8, 4) is 0 Å². The van der Waals surface area contributed by atoms with Crippen molar-refractivity contribution in [3.05, 3.63) is 29.8 Å². The number of carboxylic acids is 1. The summed E-state index contributed by atoms with van der Waals surface area (Å²) < 4.78 is 38.8. The first kappa shape index (κ1) is 22.0. The largest absolute Gasteiger partial charge is 0.481 e. The van der Waals surface area contributed by atoms with Crippen LogP contribution in [-0.4, -0.2) is 29.6 Å². The molecule has 0 heterocycles. The molecule has 1 amide bonds. The standard InChI is InChI=1S/C18H25F3N2O3/c1-4-17(5-2,16(25)26)11-22-12(3)10-15(24)23-14-9-7-6-8-13(14)18(19,20)21/h6-9,12,22H,4-5,10-11H2,1-3H3,(H,23,24)(H,25,26). The molecule has 0 aliphatic carbocycles. The van der Waals surface area contributed by atoms with Crippen LogP contribution in [0.2, 0.25) is 0 Å². The Morgan fingerprint density at radius 3 is 2.23 bits per heavy atom. The summed E-state index contributed by atoms with van der Waals surface area (Å²) in [6, 6.07) is 4.38. The van der Waals surface area contributed by atoms with Crippen molar-refractivity contribution < 1.29 is 27.9 Å². The summed E-state index contributed by atoms with van der Waals surface area (Å²) in [5.41, 5.74) is -2.12. The molecule has 26 heavy (non-hydrogen) atoms. The molecule has 0 bridgehead atoms. The van der Waals surface area contributed by atoms with Gasteiger partial charge < -0.3 is 15.7 Å². The molecule has 146 valence electrons. The second kappa shape index (κ2) is 9.02. The molecule has 1 atom stereocenters. The minimum absolute atomic E-state index is 0.0741. The molecule has 1 unspecified atom stereocenters. The van der Waals surface area contributed by atoms with Crippen LogP contribution in [0.15, 0.2) is 24.3 Å².